The van der Waals surface area contributed by atoms with Crippen LogP contribution in [0, 0.1) is 5.92 Å². The van der Waals surface area contributed by atoms with Gasteiger partial charge in [0.15, 0.2) is 0 Å². The molecule has 2 rings (SSSR count). The van der Waals surface area contributed by atoms with Crippen LogP contribution in [-0.4, -0.2) is 31.0 Å². The van der Waals surface area contributed by atoms with Crippen molar-refractivity contribution < 1.29 is 14.3 Å². The van der Waals surface area contributed by atoms with Crippen molar-refractivity contribution in [3.8, 4) is 5.75 Å². The highest BCUT2D eigenvalue weighted by Crippen LogP contribution is 2.30. The zero-order valence-corrected chi connectivity index (χ0v) is 12.8. The van der Waals surface area contributed by atoms with E-state index >= 15 is 0 Å². The van der Waals surface area contributed by atoms with Crippen molar-refractivity contribution in [3.63, 3.8) is 0 Å². The minimum atomic E-state index is -0.467. The Hall–Kier alpha value is -2.04. The highest BCUT2D eigenvalue weighted by Gasteiger charge is 2.37. The number of para-hydroxylation sites is 2. The zero-order chi connectivity index (χ0) is 15.4. The van der Waals surface area contributed by atoms with Crippen molar-refractivity contribution in [2.24, 2.45) is 5.92 Å². The molecule has 1 N–H and O–H groups in total. The Morgan fingerprint density at radius 1 is 1.33 bits per heavy atom. The predicted octanol–water partition coefficient (Wildman–Crippen LogP) is 1.96. The van der Waals surface area contributed by atoms with E-state index in [1.54, 1.807) is 0 Å². The van der Waals surface area contributed by atoms with Gasteiger partial charge in [0.1, 0.15) is 18.3 Å². The van der Waals surface area contributed by atoms with Crippen LogP contribution in [0.5, 0.6) is 5.75 Å². The Balaban J connectivity index is 2.34. The molecule has 2 atom stereocenters. The summed E-state index contributed by atoms with van der Waals surface area (Å²) in [6, 6.07) is 6.86. The molecular formula is C16H22N2O3. The second kappa shape index (κ2) is 6.61. The molecule has 5 nitrogen and oxygen atoms in total. The summed E-state index contributed by atoms with van der Waals surface area (Å²) in [5.41, 5.74) is 0.660. The predicted molar refractivity (Wildman–Crippen MR) is 81.3 cm³/mol. The molecule has 114 valence electrons. The van der Waals surface area contributed by atoms with Gasteiger partial charge in [0, 0.05) is 0 Å². The normalized spacial score (nSPS) is 20.1. The van der Waals surface area contributed by atoms with E-state index in [1.807, 2.05) is 45.0 Å². The van der Waals surface area contributed by atoms with Crippen LogP contribution in [0.15, 0.2) is 24.3 Å². The number of anilines is 1. The number of hydrogen-bond donors (Lipinski definition) is 1. The maximum absolute atomic E-state index is 12.7. The summed E-state index contributed by atoms with van der Waals surface area (Å²) in [4.78, 5) is 26.2. The molecule has 0 aromatic heterocycles. The second-order valence-corrected chi connectivity index (χ2v) is 5.26. The molecule has 1 aliphatic heterocycles. The topological polar surface area (TPSA) is 58.6 Å². The van der Waals surface area contributed by atoms with E-state index in [1.165, 1.54) is 4.90 Å². The lowest BCUT2D eigenvalue weighted by molar-refractivity contribution is -0.132. The van der Waals surface area contributed by atoms with E-state index in [0.717, 1.165) is 6.42 Å². The fourth-order valence-corrected chi connectivity index (χ4v) is 2.45. The van der Waals surface area contributed by atoms with Crippen molar-refractivity contribution in [2.75, 3.05) is 18.1 Å². The molecule has 0 aliphatic carbocycles. The first-order valence-electron chi connectivity index (χ1n) is 7.41. The summed E-state index contributed by atoms with van der Waals surface area (Å²) in [5.74, 6) is 0.525. The molecule has 1 aromatic carbocycles. The van der Waals surface area contributed by atoms with Gasteiger partial charge >= 0.3 is 0 Å². The van der Waals surface area contributed by atoms with Gasteiger partial charge in [0.25, 0.3) is 0 Å². The van der Waals surface area contributed by atoms with E-state index in [9.17, 15) is 9.59 Å². The molecule has 2 unspecified atom stereocenters. The number of piperazine rings is 1. The van der Waals surface area contributed by atoms with Gasteiger partial charge in [0.05, 0.1) is 12.3 Å². The number of carbonyl (C=O) groups excluding carboxylic acids is 2. The molecule has 21 heavy (non-hydrogen) atoms. The molecule has 0 bridgehead atoms. The Labute approximate surface area is 125 Å². The molecule has 5 heteroatoms. The van der Waals surface area contributed by atoms with Crippen molar-refractivity contribution in [3.05, 3.63) is 24.3 Å². The maximum Gasteiger partial charge on any atom is 0.250 e. The van der Waals surface area contributed by atoms with Crippen molar-refractivity contribution >= 4 is 17.5 Å². The lowest BCUT2D eigenvalue weighted by Gasteiger charge is -2.35. The SMILES string of the molecule is CCOc1ccccc1N1CC(=O)NC(C(C)CC)C1=O. The van der Waals surface area contributed by atoms with Gasteiger partial charge < -0.3 is 10.1 Å². The van der Waals surface area contributed by atoms with Crippen molar-refractivity contribution in [1.29, 1.82) is 0 Å². The van der Waals surface area contributed by atoms with E-state index in [4.69, 9.17) is 4.74 Å². The first-order valence-corrected chi connectivity index (χ1v) is 7.41. The smallest absolute Gasteiger partial charge is 0.250 e. The first kappa shape index (κ1) is 15.4. The lowest BCUT2D eigenvalue weighted by atomic mass is 9.96. The van der Waals surface area contributed by atoms with E-state index < -0.39 is 6.04 Å². The summed E-state index contributed by atoms with van der Waals surface area (Å²) < 4.78 is 5.57. The van der Waals surface area contributed by atoms with Crippen LogP contribution < -0.4 is 15.0 Å². The third-order valence-corrected chi connectivity index (χ3v) is 3.82. The molecule has 1 aromatic rings. The van der Waals surface area contributed by atoms with Crippen LogP contribution >= 0.6 is 0 Å². The van der Waals surface area contributed by atoms with E-state index in [2.05, 4.69) is 5.32 Å². The van der Waals surface area contributed by atoms with Gasteiger partial charge in [0.2, 0.25) is 11.8 Å². The average molecular weight is 290 g/mol. The molecule has 0 saturated carbocycles. The summed E-state index contributed by atoms with van der Waals surface area (Å²) in [6.07, 6.45) is 0.831. The largest absolute Gasteiger partial charge is 0.492 e. The Morgan fingerprint density at radius 3 is 2.71 bits per heavy atom. The summed E-state index contributed by atoms with van der Waals surface area (Å²) >= 11 is 0. The lowest BCUT2D eigenvalue weighted by Crippen LogP contribution is -2.60. The molecule has 1 saturated heterocycles. The minimum absolute atomic E-state index is 0.0376. The fraction of sp³-hybridized carbons (Fsp3) is 0.500. The number of rotatable bonds is 5. The average Bonchev–Trinajstić information content (AvgIpc) is 2.49. The van der Waals surface area contributed by atoms with Crippen LogP contribution in [-0.2, 0) is 9.59 Å². The van der Waals surface area contributed by atoms with Crippen molar-refractivity contribution in [2.45, 2.75) is 33.2 Å². The van der Waals surface area contributed by atoms with Crippen LogP contribution in [0.4, 0.5) is 5.69 Å². The third-order valence-electron chi connectivity index (χ3n) is 3.82. The van der Waals surface area contributed by atoms with Gasteiger partial charge in [-0.1, -0.05) is 32.4 Å². The number of nitrogens with zero attached hydrogens (tertiary/aromatic N) is 1. The Kier molecular flexibility index (Phi) is 4.83. The molecule has 1 fully saturated rings. The summed E-state index contributed by atoms with van der Waals surface area (Å²) in [7, 11) is 0. The molecule has 0 radical (unpaired) electrons. The van der Waals surface area contributed by atoms with Crippen LogP contribution in [0.25, 0.3) is 0 Å². The number of hydrogen-bond acceptors (Lipinski definition) is 3. The molecular weight excluding hydrogens is 268 g/mol. The fourth-order valence-electron chi connectivity index (χ4n) is 2.45. The number of benzene rings is 1. The highest BCUT2D eigenvalue weighted by molar-refractivity contribution is 6.07. The van der Waals surface area contributed by atoms with Gasteiger partial charge in [-0.05, 0) is 25.0 Å². The molecule has 1 heterocycles. The van der Waals surface area contributed by atoms with Crippen LogP contribution in [0.1, 0.15) is 27.2 Å². The second-order valence-electron chi connectivity index (χ2n) is 5.26. The minimum Gasteiger partial charge on any atom is -0.492 e. The third kappa shape index (κ3) is 3.17. The molecule has 2 amide bonds. The van der Waals surface area contributed by atoms with Crippen LogP contribution in [0.2, 0.25) is 0 Å². The quantitative estimate of drug-likeness (QED) is 0.902. The van der Waals surface area contributed by atoms with E-state index in [0.29, 0.717) is 18.0 Å². The van der Waals surface area contributed by atoms with Gasteiger partial charge in [-0.25, -0.2) is 0 Å². The molecule has 0 spiro atoms. The summed E-state index contributed by atoms with van der Waals surface area (Å²) in [6.45, 7) is 6.43. The monoisotopic (exact) mass is 290 g/mol. The maximum atomic E-state index is 12.7. The van der Waals surface area contributed by atoms with E-state index in [-0.39, 0.29) is 24.3 Å². The highest BCUT2D eigenvalue weighted by atomic mass is 16.5. The first-order chi connectivity index (χ1) is 10.1. The number of amides is 2. The Morgan fingerprint density at radius 2 is 2.05 bits per heavy atom. The number of nitrogens with one attached hydrogen (secondary N) is 1. The number of carbonyl (C=O) groups is 2. The standard InChI is InChI=1S/C16H22N2O3/c1-4-11(3)15-16(20)18(10-14(19)17-15)12-8-6-7-9-13(12)21-5-2/h6-9,11,15H,4-5,10H2,1-3H3,(H,17,19). The van der Waals surface area contributed by atoms with Gasteiger partial charge in [-0.15, -0.1) is 0 Å². The van der Waals surface area contributed by atoms with Crippen LogP contribution in [0.3, 0.4) is 0 Å². The van der Waals surface area contributed by atoms with Crippen molar-refractivity contribution in [1.82, 2.24) is 5.32 Å². The number of ether oxygens (including phenoxy) is 1. The Bertz CT molecular complexity index is 530. The zero-order valence-electron chi connectivity index (χ0n) is 12.8. The van der Waals surface area contributed by atoms with Gasteiger partial charge in [-0.3, -0.25) is 14.5 Å². The molecule has 1 aliphatic rings. The van der Waals surface area contributed by atoms with Gasteiger partial charge in [-0.2, -0.15) is 0 Å². The summed E-state index contributed by atoms with van der Waals surface area (Å²) in [5, 5.41) is 2.80.